The van der Waals surface area contributed by atoms with Gasteiger partial charge in [-0.2, -0.15) is 0 Å². The van der Waals surface area contributed by atoms with E-state index in [0.29, 0.717) is 0 Å². The zero-order chi connectivity index (χ0) is 10.6. The minimum absolute atomic E-state index is 0.0180. The van der Waals surface area contributed by atoms with Crippen LogP contribution in [0, 0.1) is 3.57 Å². The molecule has 0 aliphatic carbocycles. The molecule has 0 unspecified atom stereocenters. The van der Waals surface area contributed by atoms with Crippen LogP contribution in [0.25, 0.3) is 0 Å². The first-order valence-electron chi connectivity index (χ1n) is 4.06. The van der Waals surface area contributed by atoms with Gasteiger partial charge in [-0.1, -0.05) is 0 Å². The molecule has 76 valence electrons. The molecule has 0 radical (unpaired) electrons. The Hall–Kier alpha value is -0.910. The number of halogens is 1. The molecule has 0 atom stereocenters. The fourth-order valence-corrected chi connectivity index (χ4v) is 4.02. The maximum atomic E-state index is 11.3. The molecule has 4 heteroatoms. The Morgan fingerprint density at radius 3 is 2.14 bits per heavy atom. The van der Waals surface area contributed by atoms with E-state index in [1.807, 2.05) is 30.3 Å². The average Bonchev–Trinajstić information content (AvgIpc) is 2.15. The monoisotopic (exact) mass is 306 g/mol. The molecule has 0 fully saturated rings. The quantitative estimate of drug-likeness (QED) is 0.636. The van der Waals surface area contributed by atoms with Crippen molar-refractivity contribution < 1.29 is 12.7 Å². The molecule has 0 aromatic heterocycles. The van der Waals surface area contributed by atoms with Gasteiger partial charge in [-0.25, -0.2) is 0 Å². The van der Waals surface area contributed by atoms with Gasteiger partial charge >= 0.3 is 90.4 Å². The molecule has 0 saturated carbocycles. The van der Waals surface area contributed by atoms with Gasteiger partial charge in [-0.15, -0.1) is 0 Å². The molecule has 0 aliphatic rings. The summed E-state index contributed by atoms with van der Waals surface area (Å²) in [5.74, 6) is -0.380. The van der Waals surface area contributed by atoms with E-state index in [2.05, 4.69) is 0 Å². The van der Waals surface area contributed by atoms with Crippen molar-refractivity contribution in [2.75, 3.05) is 0 Å². The molecular formula is C10H11IO3. The summed E-state index contributed by atoms with van der Waals surface area (Å²) in [5, 5.41) is 0. The number of hydrogen-bond donors (Lipinski definition) is 0. The van der Waals surface area contributed by atoms with Crippen molar-refractivity contribution in [3.8, 4) is 0 Å². The molecule has 0 spiro atoms. The molecule has 0 saturated heterocycles. The van der Waals surface area contributed by atoms with Crippen molar-refractivity contribution in [3.05, 3.63) is 33.9 Å². The Kier molecular flexibility index (Phi) is 4.06. The fourth-order valence-electron chi connectivity index (χ4n) is 0.890. The normalized spacial score (nSPS) is 10.6. The summed E-state index contributed by atoms with van der Waals surface area (Å²) in [6.45, 7) is 2.80. The molecule has 0 amide bonds. The van der Waals surface area contributed by atoms with Gasteiger partial charge < -0.3 is 0 Å². The van der Waals surface area contributed by atoms with Gasteiger partial charge in [0.25, 0.3) is 0 Å². The number of carbonyl (C=O) groups is 2. The first kappa shape index (κ1) is 11.2. The van der Waals surface area contributed by atoms with Crippen molar-refractivity contribution in [1.82, 2.24) is 0 Å². The Morgan fingerprint density at radius 2 is 1.71 bits per heavy atom. The topological polar surface area (TPSA) is 43.4 Å². The third-order valence-electron chi connectivity index (χ3n) is 1.36. The summed E-state index contributed by atoms with van der Waals surface area (Å²) < 4.78 is 5.91. The fraction of sp³-hybridized carbons (Fsp3) is 0.200. The van der Waals surface area contributed by atoms with Crippen LogP contribution >= 0.6 is 20.2 Å². The van der Waals surface area contributed by atoms with Crippen LogP contribution in [-0.2, 0) is 12.7 Å². The van der Waals surface area contributed by atoms with E-state index in [1.165, 1.54) is 13.8 Å². The molecule has 1 aromatic rings. The van der Waals surface area contributed by atoms with Crippen LogP contribution in [0.2, 0.25) is 0 Å². The van der Waals surface area contributed by atoms with E-state index in [-0.39, 0.29) is 9.76 Å². The number of hydrogen-bond acceptors (Lipinski definition) is 3. The SMILES string of the molecule is CC(=O)OI(C(C)=O)c1ccccc1. The summed E-state index contributed by atoms with van der Waals surface area (Å²) >= 11 is -2.40. The molecule has 1 rings (SSSR count). The van der Waals surface area contributed by atoms with Gasteiger partial charge in [-0.05, 0) is 0 Å². The van der Waals surface area contributed by atoms with E-state index >= 15 is 0 Å². The van der Waals surface area contributed by atoms with Crippen molar-refractivity contribution in [3.63, 3.8) is 0 Å². The average molecular weight is 306 g/mol. The summed E-state index contributed by atoms with van der Waals surface area (Å²) in [5.41, 5.74) is 0. The first-order valence-corrected chi connectivity index (χ1v) is 7.09. The molecule has 0 bridgehead atoms. The van der Waals surface area contributed by atoms with E-state index < -0.39 is 20.2 Å². The molecule has 3 nitrogen and oxygen atoms in total. The maximum absolute atomic E-state index is 11.3. The number of carbonyl (C=O) groups excluding carboxylic acids is 2. The van der Waals surface area contributed by atoms with Gasteiger partial charge in [-0.3, -0.25) is 0 Å². The standard InChI is InChI=1S/C10H11IO3/c1-8(12)11(14-9(2)13)10-6-4-3-5-7-10/h3-7H,1-2H3. The second-order valence-electron chi connectivity index (χ2n) is 2.58. The van der Waals surface area contributed by atoms with E-state index in [0.717, 1.165) is 3.57 Å². The first-order chi connectivity index (χ1) is 6.61. The predicted octanol–water partition coefficient (Wildman–Crippen LogP) is 2.39. The van der Waals surface area contributed by atoms with Gasteiger partial charge in [0, 0.05) is 0 Å². The Morgan fingerprint density at radius 1 is 1.14 bits per heavy atom. The van der Waals surface area contributed by atoms with Crippen molar-refractivity contribution in [1.29, 1.82) is 0 Å². The second kappa shape index (κ2) is 5.09. The Bertz CT molecular complexity index is 334. The van der Waals surface area contributed by atoms with Gasteiger partial charge in [0.15, 0.2) is 0 Å². The third-order valence-corrected chi connectivity index (χ3v) is 5.65. The van der Waals surface area contributed by atoms with Crippen LogP contribution in [0.4, 0.5) is 0 Å². The number of benzene rings is 1. The summed E-state index contributed by atoms with van der Waals surface area (Å²) in [6.07, 6.45) is 0. The third kappa shape index (κ3) is 3.10. The molecule has 0 heterocycles. The Labute approximate surface area is 90.4 Å². The Balaban J connectivity index is 2.89. The zero-order valence-corrected chi connectivity index (χ0v) is 10.1. The van der Waals surface area contributed by atoms with Crippen molar-refractivity contribution in [2.24, 2.45) is 0 Å². The van der Waals surface area contributed by atoms with Gasteiger partial charge in [0.05, 0.1) is 0 Å². The molecule has 0 aliphatic heterocycles. The van der Waals surface area contributed by atoms with Crippen LogP contribution in [0.3, 0.4) is 0 Å². The van der Waals surface area contributed by atoms with E-state index in [1.54, 1.807) is 0 Å². The number of rotatable bonds is 3. The molecule has 14 heavy (non-hydrogen) atoms. The summed E-state index contributed by atoms with van der Waals surface area (Å²) in [7, 11) is 0. The predicted molar refractivity (Wildman–Crippen MR) is 61.6 cm³/mol. The van der Waals surface area contributed by atoms with E-state index in [4.69, 9.17) is 3.07 Å². The minimum atomic E-state index is -2.40. The van der Waals surface area contributed by atoms with Crippen LogP contribution in [-0.4, -0.2) is 9.76 Å². The van der Waals surface area contributed by atoms with E-state index in [9.17, 15) is 9.59 Å². The van der Waals surface area contributed by atoms with Crippen molar-refractivity contribution in [2.45, 2.75) is 13.8 Å². The van der Waals surface area contributed by atoms with Crippen molar-refractivity contribution >= 4 is 30.0 Å². The van der Waals surface area contributed by atoms with Crippen LogP contribution < -0.4 is 0 Å². The van der Waals surface area contributed by atoms with Gasteiger partial charge in [0.1, 0.15) is 0 Å². The molecular weight excluding hydrogens is 295 g/mol. The molecule has 0 N–H and O–H groups in total. The summed E-state index contributed by atoms with van der Waals surface area (Å²) in [4.78, 5) is 22.1. The second-order valence-corrected chi connectivity index (χ2v) is 7.21. The van der Waals surface area contributed by atoms with Crippen LogP contribution in [0.5, 0.6) is 0 Å². The van der Waals surface area contributed by atoms with Crippen LogP contribution in [0.15, 0.2) is 30.3 Å². The van der Waals surface area contributed by atoms with Crippen LogP contribution in [0.1, 0.15) is 13.8 Å². The van der Waals surface area contributed by atoms with Gasteiger partial charge in [0.2, 0.25) is 0 Å². The molecule has 1 aromatic carbocycles. The summed E-state index contributed by atoms with van der Waals surface area (Å²) in [6, 6.07) is 9.20. The zero-order valence-electron chi connectivity index (χ0n) is 7.99.